The fourth-order valence-corrected chi connectivity index (χ4v) is 5.53. The number of rotatable bonds is 7. The molecular weight excluding hydrogens is 422 g/mol. The SMILES string of the molecule is COc1ccc(-n2c(SCC(=O)NC[C@H]3CCCO3)nc3c(c2=O)S[C@@H](C)C3)cc1. The standard InChI is InChI=1S/C21H25N3O4S2/c1-13-10-17-19(30-13)20(26)24(14-5-7-15(27-2)8-6-14)21(23-17)29-12-18(25)22-11-16-4-3-9-28-16/h5-8,13,16H,3-4,9-12H2,1-2H3,(H,22,25)/t13-,16+/m0/s1. The van der Waals surface area contributed by atoms with Crippen molar-refractivity contribution >= 4 is 29.4 Å². The number of methoxy groups -OCH3 is 1. The Morgan fingerprint density at radius 3 is 2.90 bits per heavy atom. The van der Waals surface area contributed by atoms with Gasteiger partial charge in [-0.3, -0.25) is 14.2 Å². The van der Waals surface area contributed by atoms with E-state index < -0.39 is 0 Å². The van der Waals surface area contributed by atoms with Crippen LogP contribution in [0.4, 0.5) is 0 Å². The predicted octanol–water partition coefficient (Wildman–Crippen LogP) is 2.67. The van der Waals surface area contributed by atoms with Crippen molar-refractivity contribution in [2.45, 2.75) is 47.6 Å². The Hall–Kier alpha value is -1.97. The summed E-state index contributed by atoms with van der Waals surface area (Å²) < 4.78 is 12.4. The minimum Gasteiger partial charge on any atom is -0.497 e. The molecule has 0 aliphatic carbocycles. The Kier molecular flexibility index (Phi) is 6.70. The first-order valence-corrected chi connectivity index (χ1v) is 11.9. The topological polar surface area (TPSA) is 82.4 Å². The van der Waals surface area contributed by atoms with Crippen molar-refractivity contribution in [2.75, 3.05) is 26.0 Å². The quantitative estimate of drug-likeness (QED) is 0.516. The highest BCUT2D eigenvalue weighted by Crippen LogP contribution is 2.35. The van der Waals surface area contributed by atoms with E-state index in [2.05, 4.69) is 12.2 Å². The minimum absolute atomic E-state index is 0.0817. The van der Waals surface area contributed by atoms with E-state index in [0.717, 1.165) is 31.6 Å². The monoisotopic (exact) mass is 447 g/mol. The molecule has 1 N–H and O–H groups in total. The van der Waals surface area contributed by atoms with Gasteiger partial charge in [0.1, 0.15) is 5.75 Å². The molecule has 30 heavy (non-hydrogen) atoms. The molecule has 4 rings (SSSR count). The molecule has 0 radical (unpaired) electrons. The number of carbonyl (C=O) groups is 1. The number of fused-ring (bicyclic) bond motifs is 1. The summed E-state index contributed by atoms with van der Waals surface area (Å²) in [5.74, 6) is 0.817. The first-order chi connectivity index (χ1) is 14.5. The van der Waals surface area contributed by atoms with Gasteiger partial charge in [-0.15, -0.1) is 11.8 Å². The van der Waals surface area contributed by atoms with E-state index in [0.29, 0.717) is 33.3 Å². The molecule has 1 aromatic heterocycles. The van der Waals surface area contributed by atoms with E-state index in [4.69, 9.17) is 14.5 Å². The summed E-state index contributed by atoms with van der Waals surface area (Å²) in [4.78, 5) is 31.1. The van der Waals surface area contributed by atoms with E-state index in [1.54, 1.807) is 23.4 Å². The van der Waals surface area contributed by atoms with Crippen molar-refractivity contribution in [3.05, 3.63) is 40.3 Å². The van der Waals surface area contributed by atoms with Gasteiger partial charge < -0.3 is 14.8 Å². The summed E-state index contributed by atoms with van der Waals surface area (Å²) in [5.41, 5.74) is 1.45. The van der Waals surface area contributed by atoms with E-state index in [9.17, 15) is 9.59 Å². The van der Waals surface area contributed by atoms with Crippen LogP contribution in [-0.4, -0.2) is 52.8 Å². The highest BCUT2D eigenvalue weighted by atomic mass is 32.2. The maximum atomic E-state index is 13.3. The molecule has 0 bridgehead atoms. The number of thioether (sulfide) groups is 2. The highest BCUT2D eigenvalue weighted by Gasteiger charge is 2.27. The van der Waals surface area contributed by atoms with E-state index >= 15 is 0 Å². The van der Waals surface area contributed by atoms with Crippen molar-refractivity contribution in [3.63, 3.8) is 0 Å². The maximum Gasteiger partial charge on any atom is 0.272 e. The van der Waals surface area contributed by atoms with Gasteiger partial charge in [0, 0.05) is 24.8 Å². The summed E-state index contributed by atoms with van der Waals surface area (Å²) in [5, 5.41) is 3.77. The largest absolute Gasteiger partial charge is 0.497 e. The number of benzene rings is 1. The van der Waals surface area contributed by atoms with Crippen LogP contribution < -0.4 is 15.6 Å². The van der Waals surface area contributed by atoms with Gasteiger partial charge >= 0.3 is 0 Å². The second kappa shape index (κ2) is 9.45. The zero-order chi connectivity index (χ0) is 21.1. The Balaban J connectivity index is 1.56. The smallest absolute Gasteiger partial charge is 0.272 e. The van der Waals surface area contributed by atoms with Crippen LogP contribution in [0.15, 0.2) is 39.1 Å². The van der Waals surface area contributed by atoms with Crippen molar-refractivity contribution in [3.8, 4) is 11.4 Å². The first kappa shape index (κ1) is 21.3. The van der Waals surface area contributed by atoms with Gasteiger partial charge in [0.15, 0.2) is 5.16 Å². The molecule has 160 valence electrons. The van der Waals surface area contributed by atoms with E-state index in [1.165, 1.54) is 11.8 Å². The van der Waals surface area contributed by atoms with Crippen LogP contribution in [0.5, 0.6) is 5.75 Å². The molecule has 1 aromatic carbocycles. The normalized spacial score (nSPS) is 20.2. The third kappa shape index (κ3) is 4.68. The Bertz CT molecular complexity index is 971. The van der Waals surface area contributed by atoms with Gasteiger partial charge in [-0.2, -0.15) is 0 Å². The summed E-state index contributed by atoms with van der Waals surface area (Å²) in [6, 6.07) is 7.29. The second-order valence-electron chi connectivity index (χ2n) is 7.37. The van der Waals surface area contributed by atoms with Crippen LogP contribution in [0.25, 0.3) is 5.69 Å². The summed E-state index contributed by atoms with van der Waals surface area (Å²) in [7, 11) is 1.60. The van der Waals surface area contributed by atoms with Crippen LogP contribution in [0.3, 0.4) is 0 Å². The lowest BCUT2D eigenvalue weighted by molar-refractivity contribution is -0.119. The molecule has 2 aromatic rings. The molecule has 2 atom stereocenters. The Labute approximate surface area is 183 Å². The van der Waals surface area contributed by atoms with Crippen LogP contribution in [-0.2, 0) is 16.0 Å². The minimum atomic E-state index is -0.0886. The molecule has 2 aliphatic heterocycles. The molecule has 9 heteroatoms. The van der Waals surface area contributed by atoms with E-state index in [1.807, 2.05) is 24.3 Å². The van der Waals surface area contributed by atoms with Crippen molar-refractivity contribution in [1.29, 1.82) is 0 Å². The Morgan fingerprint density at radius 2 is 2.20 bits per heavy atom. The van der Waals surface area contributed by atoms with Gasteiger partial charge in [-0.05, 0) is 37.1 Å². The number of nitrogens with one attached hydrogen (secondary N) is 1. The number of hydrogen-bond acceptors (Lipinski definition) is 7. The number of carbonyl (C=O) groups excluding carboxylic acids is 1. The molecule has 1 fully saturated rings. The van der Waals surface area contributed by atoms with Crippen molar-refractivity contribution < 1.29 is 14.3 Å². The maximum absolute atomic E-state index is 13.3. The zero-order valence-electron chi connectivity index (χ0n) is 17.1. The molecular formula is C21H25N3O4S2. The molecule has 0 unspecified atom stereocenters. The summed E-state index contributed by atoms with van der Waals surface area (Å²) >= 11 is 2.85. The highest BCUT2D eigenvalue weighted by molar-refractivity contribution is 8.00. The lowest BCUT2D eigenvalue weighted by atomic mass is 10.2. The van der Waals surface area contributed by atoms with Crippen LogP contribution >= 0.6 is 23.5 Å². The molecule has 3 heterocycles. The number of ether oxygens (including phenoxy) is 2. The Morgan fingerprint density at radius 1 is 1.40 bits per heavy atom. The van der Waals surface area contributed by atoms with Gasteiger partial charge in [0.2, 0.25) is 5.91 Å². The van der Waals surface area contributed by atoms with Gasteiger partial charge in [-0.25, -0.2) is 4.98 Å². The number of amides is 1. The third-order valence-corrected chi connectivity index (χ3v) is 7.25. The van der Waals surface area contributed by atoms with Gasteiger partial charge in [0.25, 0.3) is 5.56 Å². The van der Waals surface area contributed by atoms with E-state index in [-0.39, 0.29) is 23.3 Å². The number of aromatic nitrogens is 2. The second-order valence-corrected chi connectivity index (χ2v) is 9.76. The molecule has 0 spiro atoms. The molecule has 1 amide bonds. The van der Waals surface area contributed by atoms with Crippen molar-refractivity contribution in [1.82, 2.24) is 14.9 Å². The van der Waals surface area contributed by atoms with Gasteiger partial charge in [-0.1, -0.05) is 18.7 Å². The zero-order valence-corrected chi connectivity index (χ0v) is 18.7. The fraction of sp³-hybridized carbons (Fsp3) is 0.476. The molecule has 0 saturated carbocycles. The summed E-state index contributed by atoms with van der Waals surface area (Å²) in [6.45, 7) is 3.38. The van der Waals surface area contributed by atoms with Crippen LogP contribution in [0, 0.1) is 0 Å². The molecule has 1 saturated heterocycles. The van der Waals surface area contributed by atoms with Crippen LogP contribution in [0.1, 0.15) is 25.5 Å². The summed E-state index contributed by atoms with van der Waals surface area (Å²) in [6.07, 6.45) is 2.89. The number of nitrogens with zero attached hydrogens (tertiary/aromatic N) is 2. The predicted molar refractivity (Wildman–Crippen MR) is 118 cm³/mol. The van der Waals surface area contributed by atoms with Gasteiger partial charge in [0.05, 0.1) is 35.2 Å². The third-order valence-electron chi connectivity index (χ3n) is 5.10. The average Bonchev–Trinajstić information content (AvgIpc) is 3.40. The van der Waals surface area contributed by atoms with Crippen LogP contribution in [0.2, 0.25) is 0 Å². The first-order valence-electron chi connectivity index (χ1n) is 10.0. The van der Waals surface area contributed by atoms with Crippen molar-refractivity contribution in [2.24, 2.45) is 0 Å². The average molecular weight is 448 g/mol. The fourth-order valence-electron chi connectivity index (χ4n) is 3.57. The molecule has 7 nitrogen and oxygen atoms in total. The lowest BCUT2D eigenvalue weighted by Crippen LogP contribution is -2.33. The molecule has 2 aliphatic rings. The lowest BCUT2D eigenvalue weighted by Gasteiger charge is -2.14. The number of hydrogen-bond donors (Lipinski definition) is 1.